The maximum atomic E-state index is 9.55. The van der Waals surface area contributed by atoms with E-state index in [-0.39, 0.29) is 5.96 Å². The van der Waals surface area contributed by atoms with Crippen LogP contribution < -0.4 is 16.5 Å². The lowest BCUT2D eigenvalue weighted by molar-refractivity contribution is 0.587. The van der Waals surface area contributed by atoms with E-state index in [9.17, 15) is 5.02 Å². The average molecular weight is 175 g/mol. The fourth-order valence-electron chi connectivity index (χ4n) is 1.38. The first-order valence-corrected chi connectivity index (χ1v) is 4.06. The number of rotatable bonds is 0. The van der Waals surface area contributed by atoms with E-state index in [2.05, 4.69) is 10.2 Å². The minimum Gasteiger partial charge on any atom is -0.427 e. The Morgan fingerprint density at radius 3 is 3.08 bits per heavy atom. The summed E-state index contributed by atoms with van der Waals surface area (Å²) in [6.07, 6.45) is 0. The van der Waals surface area contributed by atoms with Gasteiger partial charge in [0.2, 0.25) is 0 Å². The van der Waals surface area contributed by atoms with Gasteiger partial charge in [-0.25, -0.2) is 0 Å². The summed E-state index contributed by atoms with van der Waals surface area (Å²) in [5.74, 6) is 0.254. The molecule has 0 aromatic heterocycles. The van der Waals surface area contributed by atoms with Crippen LogP contribution in [0.2, 0.25) is 0 Å². The number of fused-ring (bicyclic) bond motifs is 1. The van der Waals surface area contributed by atoms with Gasteiger partial charge >= 0.3 is 7.05 Å². The fourth-order valence-corrected chi connectivity index (χ4v) is 1.38. The average Bonchev–Trinajstić information content (AvgIpc) is 2.06. The topological polar surface area (TPSA) is 70.6 Å². The largest absolute Gasteiger partial charge is 0.472 e. The Bertz CT molecular complexity index is 378. The molecule has 1 aromatic carbocycles. The maximum Gasteiger partial charge on any atom is 0.472 e. The van der Waals surface area contributed by atoms with Gasteiger partial charge in [0.15, 0.2) is 5.96 Å². The Labute approximate surface area is 76.6 Å². The van der Waals surface area contributed by atoms with Gasteiger partial charge in [-0.15, -0.1) is 0 Å². The number of nitrogens with two attached hydrogens (primary N) is 1. The van der Waals surface area contributed by atoms with E-state index in [4.69, 9.17) is 5.73 Å². The first-order chi connectivity index (χ1) is 6.16. The second-order valence-electron chi connectivity index (χ2n) is 3.10. The van der Waals surface area contributed by atoms with Crippen molar-refractivity contribution in [3.8, 4) is 0 Å². The van der Waals surface area contributed by atoms with Crippen molar-refractivity contribution in [3.05, 3.63) is 23.8 Å². The van der Waals surface area contributed by atoms with Crippen LogP contribution in [0.25, 0.3) is 0 Å². The highest BCUT2D eigenvalue weighted by molar-refractivity contribution is 6.68. The van der Waals surface area contributed by atoms with Crippen molar-refractivity contribution < 1.29 is 5.02 Å². The van der Waals surface area contributed by atoms with Gasteiger partial charge in [-0.3, -0.25) is 4.90 Å². The normalized spacial score (nSPS) is 14.6. The molecule has 1 aliphatic rings. The number of nitrogens with one attached hydrogen (secondary N) is 1. The predicted molar refractivity (Wildman–Crippen MR) is 54.0 cm³/mol. The number of benzene rings is 1. The Hall–Kier alpha value is -1.49. The van der Waals surface area contributed by atoms with Gasteiger partial charge in [0.1, 0.15) is 0 Å². The van der Waals surface area contributed by atoms with E-state index in [0.717, 1.165) is 16.7 Å². The van der Waals surface area contributed by atoms with Crippen molar-refractivity contribution in [1.82, 2.24) is 0 Å². The molecule has 4 nitrogen and oxygen atoms in total. The monoisotopic (exact) mass is 175 g/mol. The Morgan fingerprint density at radius 2 is 2.31 bits per heavy atom. The molecule has 5 heteroatoms. The lowest BCUT2D eigenvalue weighted by atomic mass is 9.72. The van der Waals surface area contributed by atoms with E-state index in [1.165, 1.54) is 0 Å². The fraction of sp³-hybridized carbons (Fsp3) is 0.125. The molecule has 0 atom stereocenters. The molecule has 0 unspecified atom stereocenters. The molecule has 13 heavy (non-hydrogen) atoms. The van der Waals surface area contributed by atoms with Crippen molar-refractivity contribution in [1.29, 1.82) is 0 Å². The third kappa shape index (κ3) is 1.38. The van der Waals surface area contributed by atoms with Crippen LogP contribution in [0.15, 0.2) is 23.1 Å². The zero-order valence-electron chi connectivity index (χ0n) is 7.28. The third-order valence-corrected chi connectivity index (χ3v) is 2.01. The van der Waals surface area contributed by atoms with Gasteiger partial charge in [-0.2, -0.15) is 0 Å². The summed E-state index contributed by atoms with van der Waals surface area (Å²) in [5, 5.41) is 12.4. The third-order valence-electron chi connectivity index (χ3n) is 2.01. The molecular formula is C8H10BN3O. The van der Waals surface area contributed by atoms with Crippen LogP contribution >= 0.6 is 0 Å². The van der Waals surface area contributed by atoms with E-state index in [1.54, 1.807) is 0 Å². The zero-order valence-corrected chi connectivity index (χ0v) is 7.28. The molecule has 1 aliphatic heterocycles. The van der Waals surface area contributed by atoms with Crippen molar-refractivity contribution in [2.75, 3.05) is 5.32 Å². The van der Waals surface area contributed by atoms with E-state index >= 15 is 0 Å². The van der Waals surface area contributed by atoms with E-state index < -0.39 is 7.05 Å². The predicted octanol–water partition coefficient (Wildman–Crippen LogP) is -0.577. The van der Waals surface area contributed by atoms with Crippen molar-refractivity contribution in [2.24, 2.45) is 10.6 Å². The lowest BCUT2D eigenvalue weighted by Crippen LogP contribution is -2.41. The van der Waals surface area contributed by atoms with Gasteiger partial charge in [0.05, 0.1) is 0 Å². The number of guanidine groups is 1. The summed E-state index contributed by atoms with van der Waals surface area (Å²) in [4.78, 5) is 3.80. The first kappa shape index (κ1) is 8.13. The molecule has 0 radical (unpaired) electrons. The molecule has 0 saturated heterocycles. The molecule has 4 N–H and O–H groups in total. The van der Waals surface area contributed by atoms with Crippen LogP contribution in [0.1, 0.15) is 5.56 Å². The van der Waals surface area contributed by atoms with Crippen LogP contribution in [0, 0.1) is 6.92 Å². The maximum absolute atomic E-state index is 9.55. The van der Waals surface area contributed by atoms with Gasteiger partial charge in [0, 0.05) is 11.2 Å². The molecule has 1 heterocycles. The summed E-state index contributed by atoms with van der Waals surface area (Å²) < 4.78 is 0. The molecule has 0 amide bonds. The van der Waals surface area contributed by atoms with E-state index in [0.29, 0.717) is 0 Å². The summed E-state index contributed by atoms with van der Waals surface area (Å²) in [5.41, 5.74) is 8.15. The quantitative estimate of drug-likeness (QED) is 0.462. The number of hydrogen-bond acceptors (Lipinski definition) is 4. The zero-order chi connectivity index (χ0) is 9.42. The number of aryl methyl sites for hydroxylation is 1. The summed E-state index contributed by atoms with van der Waals surface area (Å²) in [7, 11) is -0.837. The van der Waals surface area contributed by atoms with Crippen molar-refractivity contribution in [2.45, 2.75) is 6.92 Å². The number of nitrogens with zero attached hydrogens (tertiary/aromatic N) is 1. The first-order valence-electron chi connectivity index (χ1n) is 4.06. The molecule has 0 saturated carbocycles. The van der Waals surface area contributed by atoms with Crippen LogP contribution in [0.5, 0.6) is 0 Å². The van der Waals surface area contributed by atoms with E-state index in [1.807, 2.05) is 25.1 Å². The molecule has 0 bridgehead atoms. The van der Waals surface area contributed by atoms with Crippen molar-refractivity contribution in [3.63, 3.8) is 0 Å². The summed E-state index contributed by atoms with van der Waals surface area (Å²) >= 11 is 0. The smallest absolute Gasteiger partial charge is 0.427 e. The van der Waals surface area contributed by atoms with Crippen LogP contribution in [-0.2, 0) is 0 Å². The molecule has 2 rings (SSSR count). The highest BCUT2D eigenvalue weighted by atomic mass is 16.2. The van der Waals surface area contributed by atoms with Gasteiger partial charge in [-0.1, -0.05) is 17.7 Å². The molecule has 0 spiro atoms. The van der Waals surface area contributed by atoms with Gasteiger partial charge in [-0.05, 0) is 13.0 Å². The lowest BCUT2D eigenvalue weighted by Gasteiger charge is -2.17. The van der Waals surface area contributed by atoms with Crippen LogP contribution in [0.3, 0.4) is 0 Å². The minimum absolute atomic E-state index is 0.254. The second-order valence-corrected chi connectivity index (χ2v) is 3.10. The minimum atomic E-state index is -0.837. The Morgan fingerprint density at radius 1 is 1.54 bits per heavy atom. The standard InChI is InChI=1S/C8H10BN3O/c1-5-2-3-7-6(4-5)9(13)12-8(10)11-7/h2-4,13H,1H3,(H3,10,11,12). The van der Waals surface area contributed by atoms with Crippen LogP contribution in [0.4, 0.5) is 5.69 Å². The van der Waals surface area contributed by atoms with Gasteiger partial charge < -0.3 is 16.1 Å². The highest BCUT2D eigenvalue weighted by Gasteiger charge is 2.22. The van der Waals surface area contributed by atoms with Crippen molar-refractivity contribution >= 4 is 24.2 Å². The number of hydrogen-bond donors (Lipinski definition) is 3. The molecular weight excluding hydrogens is 165 g/mol. The Kier molecular flexibility index (Phi) is 1.74. The number of anilines is 1. The molecule has 0 aliphatic carbocycles. The molecule has 66 valence electrons. The van der Waals surface area contributed by atoms with Gasteiger partial charge in [0.25, 0.3) is 0 Å². The molecule has 1 aromatic rings. The van der Waals surface area contributed by atoms with Crippen LogP contribution in [-0.4, -0.2) is 18.0 Å². The summed E-state index contributed by atoms with van der Waals surface area (Å²) in [6, 6.07) is 5.73. The highest BCUT2D eigenvalue weighted by Crippen LogP contribution is 2.10. The second kappa shape index (κ2) is 2.78. The summed E-state index contributed by atoms with van der Waals surface area (Å²) in [6.45, 7) is 1.97. The Balaban J connectivity index is 2.50. The molecule has 0 fully saturated rings. The SMILES string of the molecule is Cc1ccc2c(c1)B(O)N=C(N)N2.